The number of hydrogen-bond donors (Lipinski definition) is 0. The average Bonchev–Trinajstić information content (AvgIpc) is 3.37. The molecular formula is C30H22N4O4S. The standard InChI is InChI=1S/C30H22N4O4S/c1-19-8-10-20(11-9-19)24-16-26(21-6-4-3-5-7-21)32-29(25(24)17-31)39-18-27(35)28-30(36)38-33-34(28)22-12-14-23(37-2)15-13-22/h3-16H,18H2,1-2H3. The Morgan fingerprint density at radius 3 is 2.44 bits per heavy atom. The number of rotatable bonds is 8. The van der Waals surface area contributed by atoms with E-state index in [2.05, 4.69) is 11.3 Å². The summed E-state index contributed by atoms with van der Waals surface area (Å²) < 4.78 is 11.2. The summed E-state index contributed by atoms with van der Waals surface area (Å²) in [6.45, 7) is 2.00. The molecule has 0 atom stereocenters. The smallest absolute Gasteiger partial charge is 0.307 e. The third kappa shape index (κ3) is 5.37. The molecule has 0 amide bonds. The third-order valence-electron chi connectivity index (χ3n) is 6.06. The number of hydrogen-bond acceptors (Lipinski definition) is 8. The van der Waals surface area contributed by atoms with Gasteiger partial charge in [0.2, 0.25) is 11.5 Å². The minimum Gasteiger partial charge on any atom is -0.539 e. The van der Waals surface area contributed by atoms with Crippen LogP contribution in [-0.4, -0.2) is 28.9 Å². The van der Waals surface area contributed by atoms with Gasteiger partial charge in [-0.25, -0.2) is 4.98 Å². The molecule has 0 N–H and O–H groups in total. The Morgan fingerprint density at radius 1 is 1.05 bits per heavy atom. The molecule has 5 rings (SSSR count). The van der Waals surface area contributed by atoms with E-state index in [9.17, 15) is 15.2 Å². The lowest BCUT2D eigenvalue weighted by atomic mass is 9.98. The summed E-state index contributed by atoms with van der Waals surface area (Å²) in [6.07, 6.45) is 0. The van der Waals surface area contributed by atoms with Crippen LogP contribution in [0.5, 0.6) is 11.7 Å². The molecule has 0 aliphatic rings. The van der Waals surface area contributed by atoms with Crippen LogP contribution in [0.15, 0.2) is 94.5 Å². The van der Waals surface area contributed by atoms with Crippen LogP contribution in [-0.2, 0) is 0 Å². The maximum atomic E-state index is 13.3. The molecule has 0 saturated heterocycles. The molecule has 0 spiro atoms. The molecule has 2 heterocycles. The van der Waals surface area contributed by atoms with E-state index < -0.39 is 11.7 Å². The molecule has 39 heavy (non-hydrogen) atoms. The highest BCUT2D eigenvalue weighted by molar-refractivity contribution is 8.00. The van der Waals surface area contributed by atoms with Crippen molar-refractivity contribution in [2.24, 2.45) is 0 Å². The topological polar surface area (TPSA) is 116 Å². The number of Topliss-reactive ketones (excluding diaryl/α,β-unsaturated/α-hetero) is 1. The summed E-state index contributed by atoms with van der Waals surface area (Å²) >= 11 is 1.09. The minimum atomic E-state index is -0.844. The van der Waals surface area contributed by atoms with Crippen molar-refractivity contribution in [3.8, 4) is 45.8 Å². The lowest BCUT2D eigenvalue weighted by Gasteiger charge is -2.12. The van der Waals surface area contributed by atoms with E-state index in [-0.39, 0.29) is 11.4 Å². The van der Waals surface area contributed by atoms with Crippen molar-refractivity contribution in [3.05, 3.63) is 102 Å². The number of carbonyl (C=O) groups is 1. The van der Waals surface area contributed by atoms with Crippen LogP contribution in [0.25, 0.3) is 28.1 Å². The fourth-order valence-corrected chi connectivity index (χ4v) is 4.90. The Morgan fingerprint density at radius 2 is 1.77 bits per heavy atom. The number of aromatic nitrogens is 3. The van der Waals surface area contributed by atoms with Crippen molar-refractivity contribution in [1.29, 1.82) is 5.26 Å². The Bertz CT molecular complexity index is 1680. The van der Waals surface area contributed by atoms with Gasteiger partial charge in [0.05, 0.1) is 29.4 Å². The van der Waals surface area contributed by atoms with Gasteiger partial charge in [0.15, 0.2) is 5.95 Å². The van der Waals surface area contributed by atoms with E-state index >= 15 is 0 Å². The average molecular weight is 535 g/mol. The van der Waals surface area contributed by atoms with E-state index in [1.807, 2.05) is 67.6 Å². The summed E-state index contributed by atoms with van der Waals surface area (Å²) in [5.41, 5.74) is 4.83. The number of ketones is 1. The molecule has 2 aromatic heterocycles. The van der Waals surface area contributed by atoms with Gasteiger partial charge < -0.3 is 14.4 Å². The van der Waals surface area contributed by atoms with Gasteiger partial charge in [0.25, 0.3) is 0 Å². The lowest BCUT2D eigenvalue weighted by molar-refractivity contribution is -0.672. The van der Waals surface area contributed by atoms with Crippen molar-refractivity contribution >= 4 is 17.5 Å². The molecule has 3 aromatic carbocycles. The first-order chi connectivity index (χ1) is 19.0. The van der Waals surface area contributed by atoms with Crippen molar-refractivity contribution in [3.63, 3.8) is 0 Å². The van der Waals surface area contributed by atoms with E-state index in [1.165, 1.54) is 4.68 Å². The zero-order valence-corrected chi connectivity index (χ0v) is 21.9. The number of nitrogens with zero attached hydrogens (tertiary/aromatic N) is 4. The molecule has 9 heteroatoms. The molecule has 192 valence electrons. The molecule has 0 unspecified atom stereocenters. The number of benzene rings is 3. The largest absolute Gasteiger partial charge is 0.539 e. The molecule has 0 aliphatic carbocycles. The van der Waals surface area contributed by atoms with Crippen LogP contribution >= 0.6 is 11.8 Å². The van der Waals surface area contributed by atoms with Gasteiger partial charge in [-0.15, -0.1) is 0 Å². The summed E-state index contributed by atoms with van der Waals surface area (Å²) in [7, 11) is 1.54. The molecule has 0 bridgehead atoms. The second-order valence-corrected chi connectivity index (χ2v) is 9.57. The maximum Gasteiger partial charge on any atom is 0.307 e. The number of nitriles is 1. The fraction of sp³-hybridized carbons (Fsp3) is 0.100. The van der Waals surface area contributed by atoms with Gasteiger partial charge in [-0.2, -0.15) is 5.26 Å². The van der Waals surface area contributed by atoms with Crippen LogP contribution in [0.1, 0.15) is 21.6 Å². The summed E-state index contributed by atoms with van der Waals surface area (Å²) in [5.74, 6) is -0.885. The predicted octanol–water partition coefficient (Wildman–Crippen LogP) is 4.92. The number of aryl methyl sites for hydroxylation is 1. The highest BCUT2D eigenvalue weighted by Gasteiger charge is 2.28. The van der Waals surface area contributed by atoms with Crippen molar-refractivity contribution in [2.75, 3.05) is 12.9 Å². The van der Waals surface area contributed by atoms with Gasteiger partial charge in [-0.3, -0.25) is 4.79 Å². The molecule has 0 fully saturated rings. The highest BCUT2D eigenvalue weighted by atomic mass is 32.2. The number of methoxy groups -OCH3 is 1. The monoisotopic (exact) mass is 534 g/mol. The van der Waals surface area contributed by atoms with Crippen LogP contribution in [0, 0.1) is 18.3 Å². The molecule has 0 saturated carbocycles. The first kappa shape index (κ1) is 25.7. The third-order valence-corrected chi connectivity index (χ3v) is 7.04. The van der Waals surface area contributed by atoms with Gasteiger partial charge in [-0.05, 0) is 35.4 Å². The van der Waals surface area contributed by atoms with E-state index in [4.69, 9.17) is 14.2 Å². The van der Waals surface area contributed by atoms with Crippen molar-refractivity contribution in [1.82, 2.24) is 10.3 Å². The van der Waals surface area contributed by atoms with Crippen LogP contribution in [0.4, 0.5) is 0 Å². The highest BCUT2D eigenvalue weighted by Crippen LogP contribution is 2.34. The summed E-state index contributed by atoms with van der Waals surface area (Å²) in [6, 6.07) is 28.4. The molecule has 0 radical (unpaired) electrons. The van der Waals surface area contributed by atoms with Gasteiger partial charge in [0, 0.05) is 23.3 Å². The molecule has 5 aromatic rings. The Labute approximate surface area is 229 Å². The second kappa shape index (κ2) is 11.2. The fourth-order valence-electron chi connectivity index (χ4n) is 4.03. The molecule has 0 aliphatic heterocycles. The lowest BCUT2D eigenvalue weighted by Crippen LogP contribution is -2.39. The van der Waals surface area contributed by atoms with E-state index in [0.29, 0.717) is 33.3 Å². The maximum absolute atomic E-state index is 13.3. The van der Waals surface area contributed by atoms with Crippen molar-refractivity contribution < 1.29 is 23.8 Å². The SMILES string of the molecule is COc1ccc(-[n+]2noc([O-])c2C(=O)CSc2nc(-c3ccccc3)cc(-c3ccc(C)cc3)c2C#N)cc1. The van der Waals surface area contributed by atoms with Gasteiger partial charge in [0.1, 0.15) is 16.8 Å². The molecular weight excluding hydrogens is 512 g/mol. The molecule has 8 nitrogen and oxygen atoms in total. The first-order valence-electron chi connectivity index (χ1n) is 12.0. The Balaban J connectivity index is 1.51. The summed E-state index contributed by atoms with van der Waals surface area (Å²) in [5, 5.41) is 26.7. The minimum absolute atomic E-state index is 0.153. The van der Waals surface area contributed by atoms with Crippen LogP contribution in [0.3, 0.4) is 0 Å². The zero-order chi connectivity index (χ0) is 27.4. The quantitative estimate of drug-likeness (QED) is 0.157. The van der Waals surface area contributed by atoms with Gasteiger partial charge >= 0.3 is 5.69 Å². The first-order valence-corrected chi connectivity index (χ1v) is 12.9. The van der Waals surface area contributed by atoms with Crippen molar-refractivity contribution in [2.45, 2.75) is 11.9 Å². The predicted molar refractivity (Wildman–Crippen MR) is 144 cm³/mol. The summed E-state index contributed by atoms with van der Waals surface area (Å²) in [4.78, 5) is 18.0. The van der Waals surface area contributed by atoms with Crippen LogP contribution < -0.4 is 14.5 Å². The number of thioether (sulfide) groups is 1. The zero-order valence-electron chi connectivity index (χ0n) is 21.1. The number of carbonyl (C=O) groups excluding carboxylic acids is 1. The Kier molecular flexibility index (Phi) is 7.39. The normalized spacial score (nSPS) is 10.7. The Hall–Kier alpha value is -4.94. The number of pyridine rings is 1. The van der Waals surface area contributed by atoms with E-state index in [0.717, 1.165) is 28.5 Å². The van der Waals surface area contributed by atoms with Gasteiger partial charge in [-0.1, -0.05) is 71.9 Å². The number of ether oxygens (including phenoxy) is 1. The van der Waals surface area contributed by atoms with E-state index in [1.54, 1.807) is 31.4 Å². The van der Waals surface area contributed by atoms with Crippen LogP contribution in [0.2, 0.25) is 0 Å². The second-order valence-electron chi connectivity index (χ2n) is 8.61.